The van der Waals surface area contributed by atoms with Gasteiger partial charge in [-0.25, -0.2) is 0 Å². The van der Waals surface area contributed by atoms with Gasteiger partial charge in [-0.15, -0.1) is 0 Å². The van der Waals surface area contributed by atoms with Crippen molar-refractivity contribution in [2.75, 3.05) is 36.5 Å². The van der Waals surface area contributed by atoms with Crippen LogP contribution in [-0.2, 0) is 20.7 Å². The van der Waals surface area contributed by atoms with Gasteiger partial charge in [-0.1, -0.05) is 0 Å². The number of hydrogen-bond acceptors (Lipinski definition) is 4. The first-order chi connectivity index (χ1) is 11.1. The van der Waals surface area contributed by atoms with Crippen LogP contribution in [0.3, 0.4) is 0 Å². The van der Waals surface area contributed by atoms with E-state index in [1.807, 2.05) is 18.2 Å². The van der Waals surface area contributed by atoms with Crippen molar-refractivity contribution in [2.24, 2.45) is 0 Å². The Labute approximate surface area is 136 Å². The fraction of sp³-hybridized carbons (Fsp3) is 0.529. The molecule has 1 aromatic carbocycles. The molecule has 2 aliphatic heterocycles. The Hall–Kier alpha value is -1.92. The largest absolute Gasteiger partial charge is 0.378 e. The van der Waals surface area contributed by atoms with Crippen LogP contribution in [0.1, 0.15) is 25.3 Å². The molecule has 0 aromatic heterocycles. The second-order valence-electron chi connectivity index (χ2n) is 6.10. The molecule has 6 heteroatoms. The van der Waals surface area contributed by atoms with Crippen molar-refractivity contribution in [2.45, 2.75) is 32.2 Å². The Morgan fingerprint density at radius 1 is 1.43 bits per heavy atom. The number of rotatable bonds is 3. The molecule has 0 spiro atoms. The molecule has 23 heavy (non-hydrogen) atoms. The van der Waals surface area contributed by atoms with Crippen molar-refractivity contribution in [1.29, 1.82) is 0 Å². The lowest BCUT2D eigenvalue weighted by Crippen LogP contribution is -2.43. The van der Waals surface area contributed by atoms with Crippen LogP contribution in [0.2, 0.25) is 0 Å². The Morgan fingerprint density at radius 2 is 2.30 bits per heavy atom. The molecule has 0 aliphatic carbocycles. The minimum atomic E-state index is -0.0211. The zero-order valence-corrected chi connectivity index (χ0v) is 13.4. The second-order valence-corrected chi connectivity index (χ2v) is 6.10. The highest BCUT2D eigenvalue weighted by molar-refractivity contribution is 5.95. The van der Waals surface area contributed by atoms with Gasteiger partial charge in [0.2, 0.25) is 11.8 Å². The van der Waals surface area contributed by atoms with Gasteiger partial charge in [-0.3, -0.25) is 9.59 Å². The van der Waals surface area contributed by atoms with Crippen LogP contribution in [0, 0.1) is 0 Å². The smallest absolute Gasteiger partial charge is 0.226 e. The molecule has 1 aromatic rings. The number of ether oxygens (including phenoxy) is 1. The Morgan fingerprint density at radius 3 is 3.04 bits per heavy atom. The summed E-state index contributed by atoms with van der Waals surface area (Å²) in [6.45, 7) is 4.42. The Bertz CT molecular complexity index is 597. The van der Waals surface area contributed by atoms with E-state index in [0.29, 0.717) is 19.6 Å². The second kappa shape index (κ2) is 7.10. The standard InChI is InChI=1S/C17H23N3O3/c1-12(21)20-7-2-3-13-9-14(4-5-16(13)20)19-17(22)10-15-11-23-8-6-18-15/h4-5,9,15,18H,2-3,6-8,10-11H2,1H3,(H,19,22). The van der Waals surface area contributed by atoms with Crippen molar-refractivity contribution in [3.8, 4) is 0 Å². The van der Waals surface area contributed by atoms with E-state index in [-0.39, 0.29) is 17.9 Å². The number of carbonyl (C=O) groups is 2. The molecule has 1 atom stereocenters. The number of amides is 2. The fourth-order valence-electron chi connectivity index (χ4n) is 3.19. The van der Waals surface area contributed by atoms with Crippen LogP contribution >= 0.6 is 0 Å². The molecule has 0 radical (unpaired) electrons. The molecular formula is C17H23N3O3. The summed E-state index contributed by atoms with van der Waals surface area (Å²) in [6.07, 6.45) is 2.28. The van der Waals surface area contributed by atoms with E-state index in [9.17, 15) is 9.59 Å². The lowest BCUT2D eigenvalue weighted by molar-refractivity contribution is -0.117. The number of benzene rings is 1. The van der Waals surface area contributed by atoms with Crippen molar-refractivity contribution in [3.05, 3.63) is 23.8 Å². The van der Waals surface area contributed by atoms with Gasteiger partial charge in [0.05, 0.1) is 13.2 Å². The first-order valence-corrected chi connectivity index (χ1v) is 8.15. The maximum absolute atomic E-state index is 12.2. The van der Waals surface area contributed by atoms with Crippen LogP contribution in [0.25, 0.3) is 0 Å². The lowest BCUT2D eigenvalue weighted by Gasteiger charge is -2.29. The number of hydrogen-bond donors (Lipinski definition) is 2. The lowest BCUT2D eigenvalue weighted by atomic mass is 10.0. The zero-order chi connectivity index (χ0) is 16.2. The molecule has 0 saturated carbocycles. The highest BCUT2D eigenvalue weighted by Crippen LogP contribution is 2.29. The van der Waals surface area contributed by atoms with Crippen LogP contribution < -0.4 is 15.5 Å². The molecule has 1 saturated heterocycles. The molecule has 2 N–H and O–H groups in total. The van der Waals surface area contributed by atoms with Gasteiger partial charge in [-0.05, 0) is 36.6 Å². The van der Waals surface area contributed by atoms with Crippen LogP contribution in [0.15, 0.2) is 18.2 Å². The summed E-state index contributed by atoms with van der Waals surface area (Å²) in [6, 6.07) is 5.85. The summed E-state index contributed by atoms with van der Waals surface area (Å²) in [7, 11) is 0. The van der Waals surface area contributed by atoms with Gasteiger partial charge in [0.15, 0.2) is 0 Å². The third-order valence-electron chi connectivity index (χ3n) is 4.29. The molecule has 1 unspecified atom stereocenters. The van der Waals surface area contributed by atoms with Crippen molar-refractivity contribution < 1.29 is 14.3 Å². The minimum Gasteiger partial charge on any atom is -0.378 e. The first kappa shape index (κ1) is 16.0. The molecule has 6 nitrogen and oxygen atoms in total. The summed E-state index contributed by atoms with van der Waals surface area (Å²) in [5, 5.41) is 6.22. The number of morpholine rings is 1. The molecular weight excluding hydrogens is 294 g/mol. The van der Waals surface area contributed by atoms with E-state index >= 15 is 0 Å². The number of nitrogens with one attached hydrogen (secondary N) is 2. The molecule has 2 aliphatic rings. The molecule has 3 rings (SSSR count). The van der Waals surface area contributed by atoms with E-state index in [1.54, 1.807) is 11.8 Å². The normalized spacial score (nSPS) is 20.7. The predicted molar refractivity (Wildman–Crippen MR) is 88.6 cm³/mol. The summed E-state index contributed by atoms with van der Waals surface area (Å²) in [5.74, 6) is 0.0401. The van der Waals surface area contributed by atoms with Crippen LogP contribution in [0.5, 0.6) is 0 Å². The number of aryl methyl sites for hydroxylation is 1. The molecule has 2 amide bonds. The van der Waals surface area contributed by atoms with Crippen molar-refractivity contribution in [1.82, 2.24) is 5.32 Å². The molecule has 1 fully saturated rings. The summed E-state index contributed by atoms with van der Waals surface area (Å²) in [4.78, 5) is 25.6. The average Bonchev–Trinajstić information content (AvgIpc) is 2.54. The van der Waals surface area contributed by atoms with Crippen LogP contribution in [0.4, 0.5) is 11.4 Å². The molecule has 2 heterocycles. The average molecular weight is 317 g/mol. The van der Waals surface area contributed by atoms with Gasteiger partial charge in [0, 0.05) is 43.9 Å². The number of fused-ring (bicyclic) bond motifs is 1. The van der Waals surface area contributed by atoms with Gasteiger partial charge < -0.3 is 20.3 Å². The third-order valence-corrected chi connectivity index (χ3v) is 4.29. The monoisotopic (exact) mass is 317 g/mol. The van der Waals surface area contributed by atoms with Crippen LogP contribution in [-0.4, -0.2) is 44.2 Å². The highest BCUT2D eigenvalue weighted by Gasteiger charge is 2.21. The fourth-order valence-corrected chi connectivity index (χ4v) is 3.19. The van der Waals surface area contributed by atoms with Gasteiger partial charge >= 0.3 is 0 Å². The number of anilines is 2. The highest BCUT2D eigenvalue weighted by atomic mass is 16.5. The maximum atomic E-state index is 12.2. The van der Waals surface area contributed by atoms with E-state index in [4.69, 9.17) is 4.74 Å². The van der Waals surface area contributed by atoms with E-state index < -0.39 is 0 Å². The van der Waals surface area contributed by atoms with Gasteiger partial charge in [-0.2, -0.15) is 0 Å². The summed E-state index contributed by atoms with van der Waals surface area (Å²) < 4.78 is 5.36. The topological polar surface area (TPSA) is 70.7 Å². The van der Waals surface area contributed by atoms with E-state index in [1.165, 1.54) is 0 Å². The Kier molecular flexibility index (Phi) is 4.93. The minimum absolute atomic E-state index is 0.0211. The SMILES string of the molecule is CC(=O)N1CCCc2cc(NC(=O)CC3COCCN3)ccc21. The quantitative estimate of drug-likeness (QED) is 0.882. The molecule has 124 valence electrons. The zero-order valence-electron chi connectivity index (χ0n) is 13.4. The number of carbonyl (C=O) groups excluding carboxylic acids is 2. The molecule has 0 bridgehead atoms. The van der Waals surface area contributed by atoms with E-state index in [2.05, 4.69) is 10.6 Å². The first-order valence-electron chi connectivity index (χ1n) is 8.15. The van der Waals surface area contributed by atoms with E-state index in [0.717, 1.165) is 42.9 Å². The van der Waals surface area contributed by atoms with Gasteiger partial charge in [0.25, 0.3) is 0 Å². The maximum Gasteiger partial charge on any atom is 0.226 e. The number of nitrogens with zero attached hydrogens (tertiary/aromatic N) is 1. The summed E-state index contributed by atoms with van der Waals surface area (Å²) >= 11 is 0. The predicted octanol–water partition coefficient (Wildman–Crippen LogP) is 1.30. The van der Waals surface area contributed by atoms with Crippen molar-refractivity contribution in [3.63, 3.8) is 0 Å². The third kappa shape index (κ3) is 3.89. The summed E-state index contributed by atoms with van der Waals surface area (Å²) in [5.41, 5.74) is 2.86. The van der Waals surface area contributed by atoms with Crippen molar-refractivity contribution >= 4 is 23.2 Å². The Balaban J connectivity index is 1.64. The van der Waals surface area contributed by atoms with Gasteiger partial charge in [0.1, 0.15) is 0 Å².